The number of aryl methyl sites for hydroxylation is 1. The zero-order valence-electron chi connectivity index (χ0n) is 8.17. The molecule has 0 amide bonds. The second-order valence-electron chi connectivity index (χ2n) is 3.05. The number of hydrogen-bond donors (Lipinski definition) is 0. The van der Waals surface area contributed by atoms with Crippen molar-refractivity contribution in [3.8, 4) is 0 Å². The van der Waals surface area contributed by atoms with Gasteiger partial charge in [0.15, 0.2) is 11.5 Å². The Balaban J connectivity index is 3.13. The molecule has 3 nitrogen and oxygen atoms in total. The third-order valence-corrected chi connectivity index (χ3v) is 1.62. The SMILES string of the molecule is CC(=O)/C=C/c1cn(C)nc1C(F)(F)F. The summed E-state index contributed by atoms with van der Waals surface area (Å²) in [5.41, 5.74) is -1.09. The van der Waals surface area contributed by atoms with Gasteiger partial charge >= 0.3 is 6.18 Å². The molecule has 0 saturated heterocycles. The minimum absolute atomic E-state index is 0.111. The van der Waals surface area contributed by atoms with Gasteiger partial charge in [0.2, 0.25) is 0 Å². The number of nitrogens with zero attached hydrogens (tertiary/aromatic N) is 2. The van der Waals surface area contributed by atoms with Crippen molar-refractivity contribution in [3.63, 3.8) is 0 Å². The molecular weight excluding hydrogens is 209 g/mol. The van der Waals surface area contributed by atoms with Crippen LogP contribution in [0.3, 0.4) is 0 Å². The molecule has 82 valence electrons. The van der Waals surface area contributed by atoms with Gasteiger partial charge in [0.05, 0.1) is 0 Å². The van der Waals surface area contributed by atoms with E-state index in [1.807, 2.05) is 0 Å². The summed E-state index contributed by atoms with van der Waals surface area (Å²) in [6.07, 6.45) is -1.11. The van der Waals surface area contributed by atoms with Crippen LogP contribution in [0.1, 0.15) is 18.2 Å². The molecule has 1 heterocycles. The summed E-state index contributed by atoms with van der Waals surface area (Å²) >= 11 is 0. The maximum atomic E-state index is 12.4. The average Bonchev–Trinajstić information content (AvgIpc) is 2.42. The van der Waals surface area contributed by atoms with E-state index < -0.39 is 11.9 Å². The first-order valence-electron chi connectivity index (χ1n) is 4.10. The number of alkyl halides is 3. The molecule has 0 bridgehead atoms. The van der Waals surface area contributed by atoms with Crippen LogP contribution in [0.15, 0.2) is 12.3 Å². The van der Waals surface area contributed by atoms with Crippen LogP contribution in [0.2, 0.25) is 0 Å². The Morgan fingerprint density at radius 2 is 2.13 bits per heavy atom. The zero-order chi connectivity index (χ0) is 11.6. The van der Waals surface area contributed by atoms with Crippen LogP contribution in [0.5, 0.6) is 0 Å². The minimum Gasteiger partial charge on any atom is -0.295 e. The molecule has 6 heteroatoms. The molecule has 15 heavy (non-hydrogen) atoms. The predicted octanol–water partition coefficient (Wildman–Crippen LogP) is 2.04. The fourth-order valence-electron chi connectivity index (χ4n) is 1.06. The van der Waals surface area contributed by atoms with Gasteiger partial charge in [-0.05, 0) is 19.1 Å². The summed E-state index contributed by atoms with van der Waals surface area (Å²) in [6, 6.07) is 0. The normalized spacial score (nSPS) is 12.3. The molecule has 1 aromatic rings. The first-order chi connectivity index (χ1) is 6.80. The molecule has 0 aliphatic rings. The van der Waals surface area contributed by atoms with Crippen LogP contribution in [0, 0.1) is 0 Å². The van der Waals surface area contributed by atoms with E-state index in [-0.39, 0.29) is 11.3 Å². The van der Waals surface area contributed by atoms with E-state index in [9.17, 15) is 18.0 Å². The van der Waals surface area contributed by atoms with Crippen LogP contribution < -0.4 is 0 Å². The van der Waals surface area contributed by atoms with E-state index in [4.69, 9.17) is 0 Å². The molecular formula is C9H9F3N2O. The van der Waals surface area contributed by atoms with E-state index in [2.05, 4.69) is 5.10 Å². The Hall–Kier alpha value is -1.59. The van der Waals surface area contributed by atoms with Crippen molar-refractivity contribution in [2.24, 2.45) is 7.05 Å². The van der Waals surface area contributed by atoms with Crippen LogP contribution in [-0.4, -0.2) is 15.6 Å². The summed E-state index contributed by atoms with van der Waals surface area (Å²) in [4.78, 5) is 10.6. The van der Waals surface area contributed by atoms with Crippen molar-refractivity contribution in [1.82, 2.24) is 9.78 Å². The lowest BCUT2D eigenvalue weighted by Crippen LogP contribution is -2.08. The third-order valence-electron chi connectivity index (χ3n) is 1.62. The van der Waals surface area contributed by atoms with E-state index in [0.29, 0.717) is 0 Å². The molecule has 0 fully saturated rings. The maximum absolute atomic E-state index is 12.4. The lowest BCUT2D eigenvalue weighted by Gasteiger charge is -2.02. The number of hydrogen-bond acceptors (Lipinski definition) is 2. The van der Waals surface area contributed by atoms with Crippen molar-refractivity contribution in [2.45, 2.75) is 13.1 Å². The van der Waals surface area contributed by atoms with Crippen molar-refractivity contribution < 1.29 is 18.0 Å². The summed E-state index contributed by atoms with van der Waals surface area (Å²) in [6.45, 7) is 1.26. The molecule has 0 radical (unpaired) electrons. The number of carbonyl (C=O) groups excluding carboxylic acids is 1. The standard InChI is InChI=1S/C9H9F3N2O/c1-6(15)3-4-7-5-14(2)13-8(7)9(10,11)12/h3-5H,1-2H3/b4-3+. The Morgan fingerprint density at radius 1 is 1.53 bits per heavy atom. The quantitative estimate of drug-likeness (QED) is 0.712. The van der Waals surface area contributed by atoms with Crippen molar-refractivity contribution in [2.75, 3.05) is 0 Å². The fourth-order valence-corrected chi connectivity index (χ4v) is 1.06. The van der Waals surface area contributed by atoms with Crippen LogP contribution in [0.4, 0.5) is 13.2 Å². The number of allylic oxidation sites excluding steroid dienone is 1. The molecule has 1 rings (SSSR count). The highest BCUT2D eigenvalue weighted by Crippen LogP contribution is 2.30. The fraction of sp³-hybridized carbons (Fsp3) is 0.333. The van der Waals surface area contributed by atoms with Gasteiger partial charge in [-0.25, -0.2) is 0 Å². The third kappa shape index (κ3) is 2.93. The van der Waals surface area contributed by atoms with Crippen molar-refractivity contribution in [3.05, 3.63) is 23.5 Å². The van der Waals surface area contributed by atoms with E-state index in [1.165, 1.54) is 20.2 Å². The molecule has 0 aliphatic heterocycles. The van der Waals surface area contributed by atoms with E-state index in [1.54, 1.807) is 0 Å². The molecule has 0 unspecified atom stereocenters. The van der Waals surface area contributed by atoms with Gasteiger partial charge < -0.3 is 0 Å². The predicted molar refractivity (Wildman–Crippen MR) is 47.9 cm³/mol. The van der Waals surface area contributed by atoms with Crippen molar-refractivity contribution in [1.29, 1.82) is 0 Å². The molecule has 0 aliphatic carbocycles. The highest BCUT2D eigenvalue weighted by Gasteiger charge is 2.36. The number of ketones is 1. The molecule has 0 spiro atoms. The smallest absolute Gasteiger partial charge is 0.295 e. The number of rotatable bonds is 2. The first kappa shape index (κ1) is 11.5. The van der Waals surface area contributed by atoms with E-state index >= 15 is 0 Å². The van der Waals surface area contributed by atoms with Gasteiger partial charge in [0.25, 0.3) is 0 Å². The van der Waals surface area contributed by atoms with Gasteiger partial charge in [-0.2, -0.15) is 18.3 Å². The Labute approximate surface area is 84.2 Å². The van der Waals surface area contributed by atoms with Gasteiger partial charge in [0, 0.05) is 18.8 Å². The number of aromatic nitrogens is 2. The minimum atomic E-state index is -4.50. The molecule has 0 saturated carbocycles. The monoisotopic (exact) mass is 218 g/mol. The van der Waals surface area contributed by atoms with Crippen LogP contribution >= 0.6 is 0 Å². The van der Waals surface area contributed by atoms with E-state index in [0.717, 1.165) is 16.8 Å². The van der Waals surface area contributed by atoms with Gasteiger partial charge in [-0.1, -0.05) is 0 Å². The number of halogens is 3. The summed E-state index contributed by atoms with van der Waals surface area (Å²) < 4.78 is 38.2. The highest BCUT2D eigenvalue weighted by atomic mass is 19.4. The molecule has 0 aromatic carbocycles. The Morgan fingerprint density at radius 3 is 2.60 bits per heavy atom. The molecule has 0 atom stereocenters. The lowest BCUT2D eigenvalue weighted by molar-refractivity contribution is -0.141. The second-order valence-corrected chi connectivity index (χ2v) is 3.05. The Bertz CT molecular complexity index is 404. The van der Waals surface area contributed by atoms with Crippen LogP contribution in [-0.2, 0) is 18.0 Å². The van der Waals surface area contributed by atoms with Gasteiger partial charge in [-0.15, -0.1) is 0 Å². The zero-order valence-corrected chi connectivity index (χ0v) is 8.17. The maximum Gasteiger partial charge on any atom is 0.435 e. The van der Waals surface area contributed by atoms with Gasteiger partial charge in [-0.3, -0.25) is 9.48 Å². The summed E-state index contributed by atoms with van der Waals surface area (Å²) in [7, 11) is 1.39. The molecule has 1 aromatic heterocycles. The summed E-state index contributed by atoms with van der Waals surface area (Å²) in [5.74, 6) is -0.313. The Kier molecular flexibility index (Phi) is 2.97. The average molecular weight is 218 g/mol. The second kappa shape index (κ2) is 3.88. The first-order valence-corrected chi connectivity index (χ1v) is 4.10. The van der Waals surface area contributed by atoms with Gasteiger partial charge in [0.1, 0.15) is 0 Å². The lowest BCUT2D eigenvalue weighted by atomic mass is 10.2. The largest absolute Gasteiger partial charge is 0.435 e. The highest BCUT2D eigenvalue weighted by molar-refractivity contribution is 5.91. The number of carbonyl (C=O) groups is 1. The summed E-state index contributed by atoms with van der Waals surface area (Å²) in [5, 5.41) is 3.29. The topological polar surface area (TPSA) is 34.9 Å². The van der Waals surface area contributed by atoms with Crippen molar-refractivity contribution >= 4 is 11.9 Å². The molecule has 0 N–H and O–H groups in total. The van der Waals surface area contributed by atoms with Crippen LogP contribution in [0.25, 0.3) is 6.08 Å².